The van der Waals surface area contributed by atoms with E-state index in [2.05, 4.69) is 5.32 Å². The van der Waals surface area contributed by atoms with Crippen LogP contribution in [-0.2, 0) is 9.53 Å². The van der Waals surface area contributed by atoms with Gasteiger partial charge in [-0.3, -0.25) is 4.79 Å². The van der Waals surface area contributed by atoms with Crippen LogP contribution >= 0.6 is 0 Å². The summed E-state index contributed by atoms with van der Waals surface area (Å²) in [5.41, 5.74) is 6.30. The van der Waals surface area contributed by atoms with Crippen LogP contribution in [0.3, 0.4) is 0 Å². The van der Waals surface area contributed by atoms with Crippen molar-refractivity contribution in [2.45, 2.75) is 26.0 Å². The van der Waals surface area contributed by atoms with Crippen molar-refractivity contribution in [1.82, 2.24) is 5.32 Å². The highest BCUT2D eigenvalue weighted by Crippen LogP contribution is 2.25. The van der Waals surface area contributed by atoms with E-state index in [4.69, 9.17) is 15.2 Å². The first-order valence-electron chi connectivity index (χ1n) is 6.44. The standard InChI is InChI=1S/C14H21FN2O3/c1-9(16)12-8-11(15)4-5-13(12)20-10(2)14(18)17-6-7-19-3/h4-5,8-10H,6-7,16H2,1-3H3,(H,17,18). The predicted molar refractivity (Wildman–Crippen MR) is 74.0 cm³/mol. The number of carbonyl (C=O) groups excluding carboxylic acids is 1. The number of nitrogens with one attached hydrogen (secondary N) is 1. The summed E-state index contributed by atoms with van der Waals surface area (Å²) in [5.74, 6) is -0.236. The maximum absolute atomic E-state index is 13.2. The van der Waals surface area contributed by atoms with E-state index < -0.39 is 6.10 Å². The normalized spacial score (nSPS) is 13.7. The van der Waals surface area contributed by atoms with E-state index in [-0.39, 0.29) is 17.8 Å². The first-order chi connectivity index (χ1) is 9.45. The Labute approximate surface area is 118 Å². The molecule has 0 aliphatic heterocycles. The molecule has 0 bridgehead atoms. The number of halogens is 1. The molecule has 20 heavy (non-hydrogen) atoms. The number of hydrogen-bond donors (Lipinski definition) is 2. The molecule has 0 radical (unpaired) electrons. The van der Waals surface area contributed by atoms with Gasteiger partial charge in [-0.25, -0.2) is 4.39 Å². The Kier molecular flexibility index (Phi) is 6.41. The van der Waals surface area contributed by atoms with Gasteiger partial charge in [0.2, 0.25) is 0 Å². The molecule has 0 saturated carbocycles. The van der Waals surface area contributed by atoms with Crippen molar-refractivity contribution in [3.63, 3.8) is 0 Å². The zero-order chi connectivity index (χ0) is 15.1. The average molecular weight is 284 g/mol. The second-order valence-corrected chi connectivity index (χ2v) is 4.51. The smallest absolute Gasteiger partial charge is 0.260 e. The van der Waals surface area contributed by atoms with Gasteiger partial charge in [-0.15, -0.1) is 0 Å². The summed E-state index contributed by atoms with van der Waals surface area (Å²) in [4.78, 5) is 11.8. The number of amides is 1. The van der Waals surface area contributed by atoms with Gasteiger partial charge in [0.05, 0.1) is 6.61 Å². The van der Waals surface area contributed by atoms with E-state index in [0.29, 0.717) is 24.5 Å². The van der Waals surface area contributed by atoms with Gasteiger partial charge in [-0.05, 0) is 32.0 Å². The summed E-state index contributed by atoms with van der Waals surface area (Å²) in [6.45, 7) is 4.19. The third-order valence-corrected chi connectivity index (χ3v) is 2.74. The number of ether oxygens (including phenoxy) is 2. The summed E-state index contributed by atoms with van der Waals surface area (Å²) >= 11 is 0. The monoisotopic (exact) mass is 284 g/mol. The minimum absolute atomic E-state index is 0.262. The van der Waals surface area contributed by atoms with Crippen LogP contribution in [0.25, 0.3) is 0 Å². The summed E-state index contributed by atoms with van der Waals surface area (Å²) in [5, 5.41) is 2.67. The predicted octanol–water partition coefficient (Wildman–Crippen LogP) is 1.38. The van der Waals surface area contributed by atoms with Crippen LogP contribution in [0, 0.1) is 5.82 Å². The molecule has 2 unspecified atom stereocenters. The van der Waals surface area contributed by atoms with Gasteiger partial charge in [-0.1, -0.05) is 0 Å². The molecule has 3 N–H and O–H groups in total. The second-order valence-electron chi connectivity index (χ2n) is 4.51. The number of hydrogen-bond acceptors (Lipinski definition) is 4. The average Bonchev–Trinajstić information content (AvgIpc) is 2.40. The fourth-order valence-electron chi connectivity index (χ4n) is 1.65. The van der Waals surface area contributed by atoms with Crippen molar-refractivity contribution in [3.8, 4) is 5.75 Å². The molecule has 5 nitrogen and oxygen atoms in total. The van der Waals surface area contributed by atoms with Crippen molar-refractivity contribution in [3.05, 3.63) is 29.6 Å². The molecule has 0 aromatic heterocycles. The molecule has 0 aliphatic carbocycles. The topological polar surface area (TPSA) is 73.6 Å². The van der Waals surface area contributed by atoms with E-state index in [1.54, 1.807) is 21.0 Å². The van der Waals surface area contributed by atoms with Crippen LogP contribution in [0.4, 0.5) is 4.39 Å². The summed E-state index contributed by atoms with van der Waals surface area (Å²) < 4.78 is 23.6. The molecule has 1 rings (SSSR count). The van der Waals surface area contributed by atoms with Crippen LogP contribution < -0.4 is 15.8 Å². The van der Waals surface area contributed by atoms with Gasteiger partial charge in [0.1, 0.15) is 11.6 Å². The van der Waals surface area contributed by atoms with Gasteiger partial charge >= 0.3 is 0 Å². The molecular formula is C14H21FN2O3. The summed E-state index contributed by atoms with van der Waals surface area (Å²) in [7, 11) is 1.56. The molecule has 0 spiro atoms. The van der Waals surface area contributed by atoms with Crippen LogP contribution in [0.5, 0.6) is 5.75 Å². The lowest BCUT2D eigenvalue weighted by molar-refractivity contribution is -0.127. The molecule has 0 aliphatic rings. The van der Waals surface area contributed by atoms with E-state index in [0.717, 1.165) is 0 Å². The molecule has 0 saturated heterocycles. The molecule has 1 amide bonds. The molecule has 6 heteroatoms. The first kappa shape index (κ1) is 16.4. The van der Waals surface area contributed by atoms with Crippen molar-refractivity contribution < 1.29 is 18.7 Å². The van der Waals surface area contributed by atoms with Crippen LogP contribution in [0.15, 0.2) is 18.2 Å². The van der Waals surface area contributed by atoms with E-state index in [1.807, 2.05) is 0 Å². The Morgan fingerprint density at radius 1 is 1.45 bits per heavy atom. The van der Waals surface area contributed by atoms with Gasteiger partial charge < -0.3 is 20.5 Å². The Hall–Kier alpha value is -1.66. The minimum atomic E-state index is -0.699. The fourth-order valence-corrected chi connectivity index (χ4v) is 1.65. The quantitative estimate of drug-likeness (QED) is 0.742. The zero-order valence-corrected chi connectivity index (χ0v) is 12.0. The number of rotatable bonds is 7. The molecular weight excluding hydrogens is 263 g/mol. The zero-order valence-electron chi connectivity index (χ0n) is 12.0. The Bertz CT molecular complexity index is 452. The Morgan fingerprint density at radius 3 is 2.75 bits per heavy atom. The van der Waals surface area contributed by atoms with Gasteiger partial charge in [-0.2, -0.15) is 0 Å². The lowest BCUT2D eigenvalue weighted by Gasteiger charge is -2.18. The van der Waals surface area contributed by atoms with E-state index >= 15 is 0 Å². The highest BCUT2D eigenvalue weighted by molar-refractivity contribution is 5.80. The fraction of sp³-hybridized carbons (Fsp3) is 0.500. The van der Waals surface area contributed by atoms with Gasteiger partial charge in [0, 0.05) is 25.3 Å². The number of nitrogens with two attached hydrogens (primary N) is 1. The summed E-state index contributed by atoms with van der Waals surface area (Å²) in [6.07, 6.45) is -0.699. The molecule has 1 aromatic rings. The van der Waals surface area contributed by atoms with Crippen LogP contribution in [0.2, 0.25) is 0 Å². The van der Waals surface area contributed by atoms with Crippen molar-refractivity contribution in [2.24, 2.45) is 5.73 Å². The second kappa shape index (κ2) is 7.81. The molecule has 0 heterocycles. The number of benzene rings is 1. The lowest BCUT2D eigenvalue weighted by Crippen LogP contribution is -2.38. The minimum Gasteiger partial charge on any atom is -0.481 e. The molecule has 1 aromatic carbocycles. The largest absolute Gasteiger partial charge is 0.481 e. The van der Waals surface area contributed by atoms with Crippen molar-refractivity contribution >= 4 is 5.91 Å². The number of carbonyl (C=O) groups is 1. The highest BCUT2D eigenvalue weighted by Gasteiger charge is 2.17. The van der Waals surface area contributed by atoms with Gasteiger partial charge in [0.15, 0.2) is 6.10 Å². The van der Waals surface area contributed by atoms with Crippen molar-refractivity contribution in [2.75, 3.05) is 20.3 Å². The highest BCUT2D eigenvalue weighted by atomic mass is 19.1. The maximum atomic E-state index is 13.2. The van der Waals surface area contributed by atoms with E-state index in [9.17, 15) is 9.18 Å². The van der Waals surface area contributed by atoms with Crippen molar-refractivity contribution in [1.29, 1.82) is 0 Å². The van der Waals surface area contributed by atoms with Gasteiger partial charge in [0.25, 0.3) is 5.91 Å². The van der Waals surface area contributed by atoms with E-state index in [1.165, 1.54) is 18.2 Å². The molecule has 112 valence electrons. The Morgan fingerprint density at radius 2 is 2.15 bits per heavy atom. The SMILES string of the molecule is COCCNC(=O)C(C)Oc1ccc(F)cc1C(C)N. The Balaban J connectivity index is 2.70. The molecule has 2 atom stereocenters. The third kappa shape index (κ3) is 4.79. The number of methoxy groups -OCH3 is 1. The summed E-state index contributed by atoms with van der Waals surface area (Å²) in [6, 6.07) is 3.68. The van der Waals surface area contributed by atoms with Crippen LogP contribution in [-0.4, -0.2) is 32.3 Å². The third-order valence-electron chi connectivity index (χ3n) is 2.74. The first-order valence-corrected chi connectivity index (χ1v) is 6.44. The lowest BCUT2D eigenvalue weighted by atomic mass is 10.1. The van der Waals surface area contributed by atoms with Crippen LogP contribution in [0.1, 0.15) is 25.5 Å². The maximum Gasteiger partial charge on any atom is 0.260 e. The molecule has 0 fully saturated rings.